The summed E-state index contributed by atoms with van der Waals surface area (Å²) in [4.78, 5) is 9.71. The van der Waals surface area contributed by atoms with Crippen LogP contribution in [0.1, 0.15) is 32.6 Å². The third-order valence-corrected chi connectivity index (χ3v) is 2.24. The minimum Gasteiger partial charge on any atom is -0.464 e. The minimum absolute atomic E-state index is 0.215. The highest BCUT2D eigenvalue weighted by Crippen LogP contribution is 2.09. The van der Waals surface area contributed by atoms with Crippen molar-refractivity contribution in [2.45, 2.75) is 42.8 Å². The van der Waals surface area contributed by atoms with Crippen LogP contribution in [-0.2, 0) is 9.53 Å². The van der Waals surface area contributed by atoms with E-state index in [0.29, 0.717) is 6.61 Å². The zero-order valence-corrected chi connectivity index (χ0v) is 10.4. The molecule has 84 valence electrons. The predicted octanol–water partition coefficient (Wildman–Crippen LogP) is 3.52. The molecule has 0 aliphatic rings. The Balaban J connectivity index is 3.18. The number of rotatable bonds is 7. The summed E-state index contributed by atoms with van der Waals surface area (Å²) in [5.74, 6) is -0.570. The molecule has 2 nitrogen and oxygen atoms in total. The van der Waals surface area contributed by atoms with E-state index >= 15 is 0 Å². The normalized spacial score (nSPS) is 12.9. The van der Waals surface area contributed by atoms with Gasteiger partial charge in [0.1, 0.15) is 0 Å². The van der Waals surface area contributed by atoms with Gasteiger partial charge in [-0.25, -0.2) is 4.79 Å². The average Bonchev–Trinajstić information content (AvgIpc) is 2.09. The Hall–Kier alpha value is 0.340. The van der Waals surface area contributed by atoms with Gasteiger partial charge in [0.15, 0.2) is 0 Å². The van der Waals surface area contributed by atoms with Crippen molar-refractivity contribution in [3.63, 3.8) is 0 Å². The van der Waals surface area contributed by atoms with Crippen LogP contribution in [0, 0.1) is 0 Å². The maximum Gasteiger partial charge on any atom is 0.339 e. The van der Waals surface area contributed by atoms with Crippen LogP contribution in [0.25, 0.3) is 0 Å². The van der Waals surface area contributed by atoms with Gasteiger partial charge in [-0.2, -0.15) is 0 Å². The lowest BCUT2D eigenvalue weighted by Crippen LogP contribution is -2.13. The monoisotopic (exact) mass is 260 g/mol. The van der Waals surface area contributed by atoms with Crippen LogP contribution in [0.3, 0.4) is 0 Å². The molecule has 0 N–H and O–H groups in total. The fourth-order valence-electron chi connectivity index (χ4n) is 0.940. The van der Waals surface area contributed by atoms with E-state index in [0.717, 1.165) is 25.7 Å². The Kier molecular flexibility index (Phi) is 8.84. The molecular weight excluding hydrogens is 246 g/mol. The first-order valence-corrected chi connectivity index (χ1v) is 5.94. The first-order chi connectivity index (χ1) is 6.54. The molecule has 0 rings (SSSR count). The second-order valence-electron chi connectivity index (χ2n) is 3.10. The summed E-state index contributed by atoms with van der Waals surface area (Å²) in [6, 6.07) is 0. The summed E-state index contributed by atoms with van der Waals surface area (Å²) in [6.45, 7) is 2.35. The third kappa shape index (κ3) is 8.92. The molecular formula is C9H15Cl3O2. The highest BCUT2D eigenvalue weighted by Gasteiger charge is 2.11. The molecule has 0 radical (unpaired) electrons. The molecule has 0 aromatic rings. The molecule has 0 bridgehead atoms. The fraction of sp³-hybridized carbons (Fsp3) is 0.889. The maximum absolute atomic E-state index is 10.8. The van der Waals surface area contributed by atoms with Gasteiger partial charge < -0.3 is 4.74 Å². The smallest absolute Gasteiger partial charge is 0.339 e. The van der Waals surface area contributed by atoms with Gasteiger partial charge in [-0.05, 0) is 19.8 Å². The van der Waals surface area contributed by atoms with Gasteiger partial charge in [0.05, 0.1) is 6.61 Å². The molecule has 0 aromatic heterocycles. The average molecular weight is 262 g/mol. The van der Waals surface area contributed by atoms with Crippen molar-refractivity contribution in [1.82, 2.24) is 0 Å². The van der Waals surface area contributed by atoms with Crippen LogP contribution < -0.4 is 0 Å². The highest BCUT2D eigenvalue weighted by atomic mass is 35.5. The van der Waals surface area contributed by atoms with Gasteiger partial charge in [0, 0.05) is 5.38 Å². The van der Waals surface area contributed by atoms with Gasteiger partial charge in [-0.15, -0.1) is 11.6 Å². The molecule has 0 aliphatic heterocycles. The van der Waals surface area contributed by atoms with Crippen molar-refractivity contribution in [2.24, 2.45) is 0 Å². The highest BCUT2D eigenvalue weighted by molar-refractivity contribution is 6.52. The van der Waals surface area contributed by atoms with E-state index in [4.69, 9.17) is 39.5 Å². The van der Waals surface area contributed by atoms with Crippen molar-refractivity contribution < 1.29 is 9.53 Å². The van der Waals surface area contributed by atoms with Gasteiger partial charge >= 0.3 is 5.97 Å². The molecule has 5 heteroatoms. The molecule has 0 spiro atoms. The van der Waals surface area contributed by atoms with E-state index in [9.17, 15) is 4.79 Å². The molecule has 0 saturated heterocycles. The van der Waals surface area contributed by atoms with Crippen molar-refractivity contribution in [3.05, 3.63) is 0 Å². The molecule has 0 aliphatic carbocycles. The number of hydrogen-bond acceptors (Lipinski definition) is 2. The van der Waals surface area contributed by atoms with E-state index < -0.39 is 10.8 Å². The van der Waals surface area contributed by atoms with Crippen molar-refractivity contribution >= 4 is 40.8 Å². The van der Waals surface area contributed by atoms with E-state index in [1.165, 1.54) is 0 Å². The van der Waals surface area contributed by atoms with Crippen molar-refractivity contribution in [1.29, 1.82) is 0 Å². The second kappa shape index (κ2) is 8.63. The number of hydrogen-bond donors (Lipinski definition) is 0. The number of carbonyl (C=O) groups excluding carboxylic acids is 1. The van der Waals surface area contributed by atoms with Gasteiger partial charge in [0.2, 0.25) is 4.84 Å². The summed E-state index contributed by atoms with van der Waals surface area (Å²) in [6.07, 6.45) is 3.87. The summed E-state index contributed by atoms with van der Waals surface area (Å²) in [7, 11) is 0. The summed E-state index contributed by atoms with van der Waals surface area (Å²) >= 11 is 16.3. The summed E-state index contributed by atoms with van der Waals surface area (Å²) < 4.78 is 4.77. The predicted molar refractivity (Wildman–Crippen MR) is 60.2 cm³/mol. The Labute approximate surface area is 99.8 Å². The molecule has 0 aromatic carbocycles. The first kappa shape index (κ1) is 14.3. The Morgan fingerprint density at radius 2 is 1.86 bits per heavy atom. The fourth-order valence-corrected chi connectivity index (χ4v) is 1.22. The van der Waals surface area contributed by atoms with Crippen molar-refractivity contribution in [2.75, 3.05) is 6.61 Å². The molecule has 0 saturated carbocycles. The lowest BCUT2D eigenvalue weighted by atomic mass is 10.2. The van der Waals surface area contributed by atoms with Gasteiger partial charge in [-0.1, -0.05) is 36.0 Å². The molecule has 14 heavy (non-hydrogen) atoms. The molecule has 1 unspecified atom stereocenters. The Morgan fingerprint density at radius 3 is 2.36 bits per heavy atom. The SMILES string of the molecule is CC(Cl)CCCCCOC(=O)C(Cl)Cl. The van der Waals surface area contributed by atoms with E-state index in [1.54, 1.807) is 0 Å². The topological polar surface area (TPSA) is 26.3 Å². The van der Waals surface area contributed by atoms with Gasteiger partial charge in [-0.3, -0.25) is 0 Å². The van der Waals surface area contributed by atoms with E-state index in [-0.39, 0.29) is 5.38 Å². The number of alkyl halides is 3. The number of ether oxygens (including phenoxy) is 1. The van der Waals surface area contributed by atoms with E-state index in [1.807, 2.05) is 6.92 Å². The number of esters is 1. The summed E-state index contributed by atoms with van der Waals surface area (Å²) in [5.41, 5.74) is 0. The van der Waals surface area contributed by atoms with Gasteiger partial charge in [0.25, 0.3) is 0 Å². The van der Waals surface area contributed by atoms with Crippen LogP contribution in [0.4, 0.5) is 0 Å². The molecule has 0 amide bonds. The lowest BCUT2D eigenvalue weighted by Gasteiger charge is -2.05. The number of carbonyl (C=O) groups is 1. The van der Waals surface area contributed by atoms with Crippen LogP contribution >= 0.6 is 34.8 Å². The minimum atomic E-state index is -1.07. The first-order valence-electron chi connectivity index (χ1n) is 4.63. The van der Waals surface area contributed by atoms with E-state index in [2.05, 4.69) is 0 Å². The standard InChI is InChI=1S/C9H15Cl3O2/c1-7(10)5-3-2-4-6-14-9(13)8(11)12/h7-8H,2-6H2,1H3. The Morgan fingerprint density at radius 1 is 1.21 bits per heavy atom. The molecule has 0 fully saturated rings. The second-order valence-corrected chi connectivity index (χ2v) is 4.94. The largest absolute Gasteiger partial charge is 0.464 e. The van der Waals surface area contributed by atoms with Crippen molar-refractivity contribution in [3.8, 4) is 0 Å². The Bertz CT molecular complexity index is 160. The third-order valence-electron chi connectivity index (χ3n) is 1.67. The van der Waals surface area contributed by atoms with Crippen LogP contribution in [-0.4, -0.2) is 22.8 Å². The van der Waals surface area contributed by atoms with Crippen LogP contribution in [0.5, 0.6) is 0 Å². The molecule has 0 heterocycles. The zero-order valence-electron chi connectivity index (χ0n) is 8.14. The lowest BCUT2D eigenvalue weighted by molar-refractivity contribution is -0.141. The quantitative estimate of drug-likeness (QED) is 0.398. The molecule has 1 atom stereocenters. The number of halogens is 3. The zero-order chi connectivity index (χ0) is 11.0. The summed E-state index contributed by atoms with van der Waals surface area (Å²) in [5, 5.41) is 0.215. The van der Waals surface area contributed by atoms with Crippen LogP contribution in [0.15, 0.2) is 0 Å². The maximum atomic E-state index is 10.8. The van der Waals surface area contributed by atoms with Crippen LogP contribution in [0.2, 0.25) is 0 Å². The number of unbranched alkanes of at least 4 members (excludes halogenated alkanes) is 2.